The fourth-order valence-corrected chi connectivity index (χ4v) is 2.30. The fraction of sp³-hybridized carbons (Fsp3) is 0.500. The minimum atomic E-state index is -0.138. The Kier molecular flexibility index (Phi) is 6.22. The van der Waals surface area contributed by atoms with Gasteiger partial charge in [-0.25, -0.2) is 0 Å². The highest BCUT2D eigenvalue weighted by atomic mass is 32.2. The molecule has 0 fully saturated rings. The van der Waals surface area contributed by atoms with Crippen LogP contribution in [-0.2, 0) is 4.79 Å². The Morgan fingerprint density at radius 3 is 2.44 bits per heavy atom. The molecule has 0 radical (unpaired) electrons. The van der Waals surface area contributed by atoms with Gasteiger partial charge in [-0.2, -0.15) is 0 Å². The molecule has 0 aliphatic heterocycles. The summed E-state index contributed by atoms with van der Waals surface area (Å²) in [6, 6.07) is 9.86. The van der Waals surface area contributed by atoms with Crippen LogP contribution in [0, 0.1) is 5.92 Å². The van der Waals surface area contributed by atoms with E-state index in [2.05, 4.69) is 5.32 Å². The van der Waals surface area contributed by atoms with Crippen molar-refractivity contribution < 1.29 is 9.90 Å². The van der Waals surface area contributed by atoms with Crippen LogP contribution in [0.2, 0.25) is 0 Å². The molecule has 0 saturated heterocycles. The van der Waals surface area contributed by atoms with Crippen molar-refractivity contribution in [3.63, 3.8) is 0 Å². The van der Waals surface area contributed by atoms with Gasteiger partial charge in [0.15, 0.2) is 0 Å². The van der Waals surface area contributed by atoms with Gasteiger partial charge in [-0.3, -0.25) is 4.79 Å². The van der Waals surface area contributed by atoms with Crippen LogP contribution >= 0.6 is 11.8 Å². The molecule has 1 amide bonds. The third-order valence-electron chi connectivity index (χ3n) is 2.94. The number of hydrogen-bond acceptors (Lipinski definition) is 3. The fourth-order valence-electron chi connectivity index (χ4n) is 1.40. The molecule has 100 valence electrons. The van der Waals surface area contributed by atoms with Gasteiger partial charge < -0.3 is 10.4 Å². The normalized spacial score (nSPS) is 15.8. The maximum atomic E-state index is 12.0. The van der Waals surface area contributed by atoms with Crippen molar-refractivity contribution in [3.05, 3.63) is 30.3 Å². The predicted molar refractivity (Wildman–Crippen MR) is 75.6 cm³/mol. The van der Waals surface area contributed by atoms with E-state index in [-0.39, 0.29) is 29.7 Å². The summed E-state index contributed by atoms with van der Waals surface area (Å²) in [5.41, 5.74) is 0. The highest BCUT2D eigenvalue weighted by Gasteiger charge is 2.19. The van der Waals surface area contributed by atoms with Gasteiger partial charge >= 0.3 is 0 Å². The molecule has 0 aromatic heterocycles. The van der Waals surface area contributed by atoms with E-state index in [1.807, 2.05) is 51.1 Å². The first-order chi connectivity index (χ1) is 8.54. The highest BCUT2D eigenvalue weighted by Crippen LogP contribution is 2.22. The van der Waals surface area contributed by atoms with Crippen LogP contribution in [0.5, 0.6) is 0 Å². The SMILES string of the molecule is CC(Sc1ccccc1)C(=O)NC(C)C(C)CO. The van der Waals surface area contributed by atoms with Crippen molar-refractivity contribution in [2.45, 2.75) is 37.0 Å². The zero-order chi connectivity index (χ0) is 13.5. The summed E-state index contributed by atoms with van der Waals surface area (Å²) in [6.45, 7) is 5.81. The summed E-state index contributed by atoms with van der Waals surface area (Å²) < 4.78 is 0. The molecular formula is C14H21NO2S. The summed E-state index contributed by atoms with van der Waals surface area (Å²) in [4.78, 5) is 13.1. The number of thioether (sulfide) groups is 1. The predicted octanol–water partition coefficient (Wildman–Crippen LogP) is 2.30. The van der Waals surface area contributed by atoms with E-state index in [0.29, 0.717) is 0 Å². The van der Waals surface area contributed by atoms with Crippen LogP contribution in [0.4, 0.5) is 0 Å². The molecule has 0 spiro atoms. The number of nitrogens with one attached hydrogen (secondary N) is 1. The second-order valence-corrected chi connectivity index (χ2v) is 5.94. The maximum Gasteiger partial charge on any atom is 0.233 e. The molecule has 0 heterocycles. The third kappa shape index (κ3) is 4.70. The van der Waals surface area contributed by atoms with Crippen molar-refractivity contribution >= 4 is 17.7 Å². The van der Waals surface area contributed by atoms with Crippen LogP contribution in [0.25, 0.3) is 0 Å². The number of aliphatic hydroxyl groups excluding tert-OH is 1. The number of rotatable bonds is 6. The number of carbonyl (C=O) groups excluding carboxylic acids is 1. The van der Waals surface area contributed by atoms with E-state index in [4.69, 9.17) is 5.11 Å². The van der Waals surface area contributed by atoms with Crippen molar-refractivity contribution in [1.82, 2.24) is 5.32 Å². The van der Waals surface area contributed by atoms with Crippen molar-refractivity contribution in [1.29, 1.82) is 0 Å². The lowest BCUT2D eigenvalue weighted by Crippen LogP contribution is -2.41. The molecule has 2 N–H and O–H groups in total. The molecule has 0 aliphatic carbocycles. The minimum absolute atomic E-state index is 0.0108. The van der Waals surface area contributed by atoms with Gasteiger partial charge in [-0.1, -0.05) is 25.1 Å². The quantitative estimate of drug-likeness (QED) is 0.778. The lowest BCUT2D eigenvalue weighted by Gasteiger charge is -2.21. The summed E-state index contributed by atoms with van der Waals surface area (Å²) in [5, 5.41) is 11.8. The van der Waals surface area contributed by atoms with Crippen LogP contribution in [0.1, 0.15) is 20.8 Å². The molecule has 0 bridgehead atoms. The monoisotopic (exact) mass is 267 g/mol. The lowest BCUT2D eigenvalue weighted by atomic mass is 10.1. The Morgan fingerprint density at radius 1 is 1.28 bits per heavy atom. The molecule has 3 unspecified atom stereocenters. The van der Waals surface area contributed by atoms with Crippen LogP contribution in [0.3, 0.4) is 0 Å². The molecule has 1 rings (SSSR count). The smallest absolute Gasteiger partial charge is 0.233 e. The van der Waals surface area contributed by atoms with Crippen molar-refractivity contribution in [3.8, 4) is 0 Å². The van der Waals surface area contributed by atoms with E-state index < -0.39 is 0 Å². The van der Waals surface area contributed by atoms with E-state index in [0.717, 1.165) is 4.90 Å². The summed E-state index contributed by atoms with van der Waals surface area (Å²) in [7, 11) is 0. The third-order valence-corrected chi connectivity index (χ3v) is 4.05. The van der Waals surface area contributed by atoms with Gasteiger partial charge in [-0.15, -0.1) is 11.8 Å². The summed E-state index contributed by atoms with van der Waals surface area (Å²) in [6.07, 6.45) is 0. The molecule has 0 aliphatic rings. The first-order valence-electron chi connectivity index (χ1n) is 6.17. The summed E-state index contributed by atoms with van der Waals surface area (Å²) in [5.74, 6) is 0.0829. The topological polar surface area (TPSA) is 49.3 Å². The highest BCUT2D eigenvalue weighted by molar-refractivity contribution is 8.00. The number of benzene rings is 1. The van der Waals surface area contributed by atoms with Crippen molar-refractivity contribution in [2.75, 3.05) is 6.61 Å². The first-order valence-corrected chi connectivity index (χ1v) is 7.05. The van der Waals surface area contributed by atoms with Crippen LogP contribution in [0.15, 0.2) is 35.2 Å². The number of carbonyl (C=O) groups is 1. The summed E-state index contributed by atoms with van der Waals surface area (Å²) >= 11 is 1.54. The standard InChI is InChI=1S/C14H21NO2S/c1-10(9-16)11(2)15-14(17)12(3)18-13-7-5-4-6-8-13/h4-8,10-12,16H,9H2,1-3H3,(H,15,17). The van der Waals surface area contributed by atoms with Gasteiger partial charge in [0.05, 0.1) is 5.25 Å². The van der Waals surface area contributed by atoms with Gasteiger partial charge in [-0.05, 0) is 31.9 Å². The van der Waals surface area contributed by atoms with Crippen molar-refractivity contribution in [2.24, 2.45) is 5.92 Å². The lowest BCUT2D eigenvalue weighted by molar-refractivity contribution is -0.121. The second kappa shape index (κ2) is 7.44. The first kappa shape index (κ1) is 15.1. The molecule has 3 nitrogen and oxygen atoms in total. The van der Waals surface area contributed by atoms with Gasteiger partial charge in [0.1, 0.15) is 0 Å². The van der Waals surface area contributed by atoms with E-state index in [9.17, 15) is 4.79 Å². The minimum Gasteiger partial charge on any atom is -0.396 e. The number of hydrogen-bond donors (Lipinski definition) is 2. The molecule has 4 heteroatoms. The Bertz CT molecular complexity index is 369. The number of aliphatic hydroxyl groups is 1. The van der Waals surface area contributed by atoms with Crippen LogP contribution in [-0.4, -0.2) is 28.9 Å². The Morgan fingerprint density at radius 2 is 1.89 bits per heavy atom. The molecular weight excluding hydrogens is 246 g/mol. The Labute approximate surface area is 113 Å². The average Bonchev–Trinajstić information content (AvgIpc) is 2.38. The van der Waals surface area contributed by atoms with Gasteiger partial charge in [0.25, 0.3) is 0 Å². The number of amides is 1. The zero-order valence-corrected chi connectivity index (χ0v) is 11.9. The van der Waals surface area contributed by atoms with Gasteiger partial charge in [0, 0.05) is 17.5 Å². The molecule has 18 heavy (non-hydrogen) atoms. The molecule has 3 atom stereocenters. The molecule has 1 aromatic rings. The Balaban J connectivity index is 2.47. The van der Waals surface area contributed by atoms with Gasteiger partial charge in [0.2, 0.25) is 5.91 Å². The zero-order valence-electron chi connectivity index (χ0n) is 11.1. The second-order valence-electron chi connectivity index (χ2n) is 4.53. The van der Waals surface area contributed by atoms with E-state index in [1.54, 1.807) is 0 Å². The molecule has 1 aromatic carbocycles. The molecule has 0 saturated carbocycles. The largest absolute Gasteiger partial charge is 0.396 e. The Hall–Kier alpha value is -1.00. The van der Waals surface area contributed by atoms with E-state index >= 15 is 0 Å². The van der Waals surface area contributed by atoms with Crippen LogP contribution < -0.4 is 5.32 Å². The average molecular weight is 267 g/mol. The maximum absolute atomic E-state index is 12.0. The van der Waals surface area contributed by atoms with E-state index in [1.165, 1.54) is 11.8 Å².